The molecule has 0 unspecified atom stereocenters. The Bertz CT molecular complexity index is 769. The molecule has 1 amide bonds. The van der Waals surface area contributed by atoms with E-state index in [9.17, 15) is 4.79 Å². The van der Waals surface area contributed by atoms with Gasteiger partial charge in [0.05, 0.1) is 12.2 Å². The molecule has 2 saturated heterocycles. The smallest absolute Gasteiger partial charge is 0.254 e. The van der Waals surface area contributed by atoms with Gasteiger partial charge in [0, 0.05) is 36.9 Å². The Labute approximate surface area is 148 Å². The first-order valence-electron chi connectivity index (χ1n) is 9.20. The molecule has 0 saturated carbocycles. The lowest BCUT2D eigenvalue weighted by atomic mass is 9.86. The summed E-state index contributed by atoms with van der Waals surface area (Å²) < 4.78 is 6.24. The SMILES string of the molecule is CN(C)C[C@@H]1CO[C@]2(CCCN(C(=O)c3ccc4cc[nH]c4c3)C2)C1. The van der Waals surface area contributed by atoms with Crippen molar-refractivity contribution in [2.24, 2.45) is 5.92 Å². The Hall–Kier alpha value is -1.85. The molecule has 1 aromatic carbocycles. The number of benzene rings is 1. The van der Waals surface area contributed by atoms with Crippen molar-refractivity contribution in [3.8, 4) is 0 Å². The van der Waals surface area contributed by atoms with E-state index in [4.69, 9.17) is 4.74 Å². The van der Waals surface area contributed by atoms with Gasteiger partial charge in [-0.25, -0.2) is 0 Å². The molecule has 4 rings (SSSR count). The van der Waals surface area contributed by atoms with Crippen LogP contribution in [0.3, 0.4) is 0 Å². The van der Waals surface area contributed by atoms with Crippen molar-refractivity contribution in [3.63, 3.8) is 0 Å². The monoisotopic (exact) mass is 341 g/mol. The highest BCUT2D eigenvalue weighted by molar-refractivity contribution is 5.98. The quantitative estimate of drug-likeness (QED) is 0.934. The first kappa shape index (κ1) is 16.6. The van der Waals surface area contributed by atoms with E-state index >= 15 is 0 Å². The average Bonchev–Trinajstić information content (AvgIpc) is 3.20. The van der Waals surface area contributed by atoms with Crippen molar-refractivity contribution in [2.45, 2.75) is 24.9 Å². The lowest BCUT2D eigenvalue weighted by Gasteiger charge is -2.40. The summed E-state index contributed by atoms with van der Waals surface area (Å²) in [6.07, 6.45) is 5.05. The molecule has 5 nitrogen and oxygen atoms in total. The molecule has 0 aliphatic carbocycles. The summed E-state index contributed by atoms with van der Waals surface area (Å²) in [5.41, 5.74) is 1.64. The molecule has 1 spiro atoms. The third-order valence-electron chi connectivity index (χ3n) is 5.54. The number of aromatic amines is 1. The second-order valence-corrected chi connectivity index (χ2v) is 7.94. The van der Waals surface area contributed by atoms with E-state index in [0.29, 0.717) is 5.92 Å². The van der Waals surface area contributed by atoms with Crippen LogP contribution in [-0.2, 0) is 4.74 Å². The topological polar surface area (TPSA) is 48.6 Å². The van der Waals surface area contributed by atoms with Gasteiger partial charge >= 0.3 is 0 Å². The van der Waals surface area contributed by atoms with Crippen LogP contribution in [0, 0.1) is 5.92 Å². The molecule has 2 atom stereocenters. The van der Waals surface area contributed by atoms with Gasteiger partial charge in [-0.05, 0) is 62.9 Å². The summed E-state index contributed by atoms with van der Waals surface area (Å²) in [7, 11) is 4.22. The Kier molecular flexibility index (Phi) is 4.29. The van der Waals surface area contributed by atoms with Gasteiger partial charge in [-0.2, -0.15) is 0 Å². The maximum atomic E-state index is 13.0. The number of nitrogens with zero attached hydrogens (tertiary/aromatic N) is 2. The number of rotatable bonds is 3. The minimum Gasteiger partial charge on any atom is -0.373 e. The largest absolute Gasteiger partial charge is 0.373 e. The van der Waals surface area contributed by atoms with Crippen molar-refractivity contribution in [1.29, 1.82) is 0 Å². The molecule has 3 heterocycles. The number of nitrogens with one attached hydrogen (secondary N) is 1. The number of ether oxygens (including phenoxy) is 1. The number of piperidine rings is 1. The summed E-state index contributed by atoms with van der Waals surface area (Å²) in [4.78, 5) is 20.4. The zero-order valence-electron chi connectivity index (χ0n) is 15.1. The highest BCUT2D eigenvalue weighted by Crippen LogP contribution is 2.38. The summed E-state index contributed by atoms with van der Waals surface area (Å²) in [5.74, 6) is 0.690. The van der Waals surface area contributed by atoms with E-state index in [1.54, 1.807) is 0 Å². The van der Waals surface area contributed by atoms with E-state index in [1.807, 2.05) is 35.4 Å². The minimum absolute atomic E-state index is 0.121. The molecule has 134 valence electrons. The van der Waals surface area contributed by atoms with Crippen LogP contribution in [0.1, 0.15) is 29.6 Å². The van der Waals surface area contributed by atoms with Crippen LogP contribution in [0.2, 0.25) is 0 Å². The van der Waals surface area contributed by atoms with Crippen LogP contribution in [0.15, 0.2) is 30.5 Å². The number of hydrogen-bond acceptors (Lipinski definition) is 3. The van der Waals surface area contributed by atoms with Crippen LogP contribution in [0.25, 0.3) is 10.9 Å². The third kappa shape index (κ3) is 3.31. The Morgan fingerprint density at radius 1 is 1.40 bits per heavy atom. The number of amides is 1. The fourth-order valence-corrected chi connectivity index (χ4v) is 4.49. The third-order valence-corrected chi connectivity index (χ3v) is 5.54. The zero-order chi connectivity index (χ0) is 17.4. The molecule has 25 heavy (non-hydrogen) atoms. The van der Waals surface area contributed by atoms with E-state index in [0.717, 1.165) is 62.0 Å². The molecule has 0 bridgehead atoms. The Morgan fingerprint density at radius 3 is 3.12 bits per heavy atom. The molecule has 2 aliphatic heterocycles. The van der Waals surface area contributed by atoms with Gasteiger partial charge in [-0.1, -0.05) is 6.07 Å². The van der Waals surface area contributed by atoms with E-state index in [1.165, 1.54) is 0 Å². The highest BCUT2D eigenvalue weighted by atomic mass is 16.5. The number of fused-ring (bicyclic) bond motifs is 1. The molecule has 1 N–H and O–H groups in total. The highest BCUT2D eigenvalue weighted by Gasteiger charge is 2.44. The van der Waals surface area contributed by atoms with Crippen molar-refractivity contribution in [2.75, 3.05) is 40.3 Å². The van der Waals surface area contributed by atoms with Gasteiger partial charge in [-0.15, -0.1) is 0 Å². The van der Waals surface area contributed by atoms with Crippen LogP contribution < -0.4 is 0 Å². The summed E-state index contributed by atoms with van der Waals surface area (Å²) in [6, 6.07) is 7.93. The van der Waals surface area contributed by atoms with Crippen LogP contribution in [0.5, 0.6) is 0 Å². The molecule has 0 radical (unpaired) electrons. The lowest BCUT2D eigenvalue weighted by Crippen LogP contribution is -2.50. The second kappa shape index (κ2) is 6.46. The Morgan fingerprint density at radius 2 is 2.28 bits per heavy atom. The molecule has 2 aromatic rings. The normalized spacial score (nSPS) is 26.8. The van der Waals surface area contributed by atoms with Crippen LogP contribution in [-0.4, -0.2) is 66.6 Å². The molecule has 2 aliphatic rings. The first-order valence-corrected chi connectivity index (χ1v) is 9.20. The van der Waals surface area contributed by atoms with Gasteiger partial charge in [0.15, 0.2) is 0 Å². The van der Waals surface area contributed by atoms with Gasteiger partial charge < -0.3 is 19.5 Å². The maximum Gasteiger partial charge on any atom is 0.254 e. The molecular weight excluding hydrogens is 314 g/mol. The molecule has 2 fully saturated rings. The van der Waals surface area contributed by atoms with Gasteiger partial charge in [0.1, 0.15) is 0 Å². The second-order valence-electron chi connectivity index (χ2n) is 7.94. The zero-order valence-corrected chi connectivity index (χ0v) is 15.1. The molecular formula is C20H27N3O2. The van der Waals surface area contributed by atoms with E-state index < -0.39 is 0 Å². The van der Waals surface area contributed by atoms with E-state index in [-0.39, 0.29) is 11.5 Å². The molecule has 1 aromatic heterocycles. The van der Waals surface area contributed by atoms with Crippen molar-refractivity contribution < 1.29 is 9.53 Å². The summed E-state index contributed by atoms with van der Waals surface area (Å²) in [5, 5.41) is 1.14. The van der Waals surface area contributed by atoms with Crippen molar-refractivity contribution in [1.82, 2.24) is 14.8 Å². The lowest BCUT2D eigenvalue weighted by molar-refractivity contribution is -0.0450. The number of hydrogen-bond donors (Lipinski definition) is 1. The fourth-order valence-electron chi connectivity index (χ4n) is 4.49. The van der Waals surface area contributed by atoms with Crippen LogP contribution >= 0.6 is 0 Å². The number of carbonyl (C=O) groups excluding carboxylic acids is 1. The minimum atomic E-state index is -0.134. The number of aromatic nitrogens is 1. The molecule has 5 heteroatoms. The predicted octanol–water partition coefficient (Wildman–Crippen LogP) is 2.74. The van der Waals surface area contributed by atoms with Gasteiger partial charge in [0.2, 0.25) is 0 Å². The Balaban J connectivity index is 1.48. The summed E-state index contributed by atoms with van der Waals surface area (Å²) in [6.45, 7) is 3.41. The standard InChI is InChI=1S/C20H27N3O2/c1-22(2)12-15-11-20(25-13-15)7-3-9-23(14-20)19(24)17-5-4-16-6-8-21-18(16)10-17/h4-6,8,10,15,21H,3,7,9,11-14H2,1-2H3/t15-,20-/m1/s1. The number of carbonyl (C=O) groups is 1. The average molecular weight is 341 g/mol. The number of H-pyrrole nitrogens is 1. The van der Waals surface area contributed by atoms with Gasteiger partial charge in [-0.3, -0.25) is 4.79 Å². The number of likely N-dealkylation sites (tertiary alicyclic amines) is 1. The van der Waals surface area contributed by atoms with Gasteiger partial charge in [0.25, 0.3) is 5.91 Å². The first-order chi connectivity index (χ1) is 12.0. The van der Waals surface area contributed by atoms with Crippen LogP contribution in [0.4, 0.5) is 0 Å². The van der Waals surface area contributed by atoms with Crippen molar-refractivity contribution >= 4 is 16.8 Å². The van der Waals surface area contributed by atoms with Crippen molar-refractivity contribution in [3.05, 3.63) is 36.0 Å². The maximum absolute atomic E-state index is 13.0. The predicted molar refractivity (Wildman–Crippen MR) is 98.8 cm³/mol. The summed E-state index contributed by atoms with van der Waals surface area (Å²) >= 11 is 0. The van der Waals surface area contributed by atoms with E-state index in [2.05, 4.69) is 24.0 Å². The fraction of sp³-hybridized carbons (Fsp3) is 0.550.